The molecule has 0 aliphatic carbocycles. The van der Waals surface area contributed by atoms with Crippen LogP contribution in [0.3, 0.4) is 0 Å². The normalized spacial score (nSPS) is 10.7. The summed E-state index contributed by atoms with van der Waals surface area (Å²) in [6, 6.07) is 21.0. The number of rotatable bonds is 8. The first-order valence-electron chi connectivity index (χ1n) is 11.4. The molecule has 8 heteroatoms. The van der Waals surface area contributed by atoms with Gasteiger partial charge < -0.3 is 15.5 Å². The van der Waals surface area contributed by atoms with Gasteiger partial charge in [-0.2, -0.15) is 10.1 Å². The van der Waals surface area contributed by atoms with Crippen LogP contribution in [0.4, 0.5) is 23.1 Å². The number of anilines is 4. The zero-order valence-corrected chi connectivity index (χ0v) is 19.9. The Morgan fingerprint density at radius 2 is 1.62 bits per heavy atom. The molecular weight excluding hydrogens is 426 g/mol. The maximum absolute atomic E-state index is 12.8. The van der Waals surface area contributed by atoms with Crippen LogP contribution >= 0.6 is 0 Å². The van der Waals surface area contributed by atoms with E-state index < -0.39 is 0 Å². The third kappa shape index (κ3) is 5.23. The van der Waals surface area contributed by atoms with Crippen LogP contribution in [0.2, 0.25) is 0 Å². The summed E-state index contributed by atoms with van der Waals surface area (Å²) >= 11 is 0. The predicted octanol–water partition coefficient (Wildman–Crippen LogP) is 5.03. The SMILES string of the molecule is CCN(CC)c1cc(C)nc(Nc2ccc(NC(=O)c3cc(-c4ccccc4)nn3C)cc2)n1. The average Bonchev–Trinajstić information content (AvgIpc) is 3.23. The van der Waals surface area contributed by atoms with Crippen molar-refractivity contribution in [1.29, 1.82) is 0 Å². The smallest absolute Gasteiger partial charge is 0.273 e. The van der Waals surface area contributed by atoms with Crippen LogP contribution in [-0.2, 0) is 7.05 Å². The van der Waals surface area contributed by atoms with E-state index >= 15 is 0 Å². The third-order valence-corrected chi connectivity index (χ3v) is 5.51. The molecule has 2 aromatic heterocycles. The van der Waals surface area contributed by atoms with Gasteiger partial charge in [-0.25, -0.2) is 4.98 Å². The molecule has 2 heterocycles. The van der Waals surface area contributed by atoms with E-state index in [4.69, 9.17) is 0 Å². The Balaban J connectivity index is 1.45. The van der Waals surface area contributed by atoms with Crippen molar-refractivity contribution >= 4 is 29.0 Å². The molecule has 2 aromatic carbocycles. The first kappa shape index (κ1) is 23.0. The van der Waals surface area contributed by atoms with Gasteiger partial charge in [-0.1, -0.05) is 30.3 Å². The van der Waals surface area contributed by atoms with Gasteiger partial charge in [0.2, 0.25) is 5.95 Å². The lowest BCUT2D eigenvalue weighted by Gasteiger charge is -2.20. The molecule has 1 amide bonds. The third-order valence-electron chi connectivity index (χ3n) is 5.51. The van der Waals surface area contributed by atoms with E-state index in [1.165, 1.54) is 0 Å². The topological polar surface area (TPSA) is 88.0 Å². The highest BCUT2D eigenvalue weighted by Gasteiger charge is 2.15. The minimum absolute atomic E-state index is 0.219. The molecule has 8 nitrogen and oxygen atoms in total. The van der Waals surface area contributed by atoms with Crippen LogP contribution in [0, 0.1) is 6.92 Å². The molecule has 0 aliphatic heterocycles. The molecule has 4 aromatic rings. The highest BCUT2D eigenvalue weighted by atomic mass is 16.2. The van der Waals surface area contributed by atoms with Crippen molar-refractivity contribution in [3.8, 4) is 11.3 Å². The number of aryl methyl sites for hydroxylation is 2. The quantitative estimate of drug-likeness (QED) is 0.388. The van der Waals surface area contributed by atoms with Gasteiger partial charge in [0, 0.05) is 48.8 Å². The van der Waals surface area contributed by atoms with Crippen molar-refractivity contribution in [3.05, 3.63) is 78.1 Å². The molecule has 0 aliphatic rings. The fourth-order valence-electron chi connectivity index (χ4n) is 3.71. The zero-order valence-electron chi connectivity index (χ0n) is 19.9. The number of hydrogen-bond donors (Lipinski definition) is 2. The highest BCUT2D eigenvalue weighted by molar-refractivity contribution is 6.03. The minimum Gasteiger partial charge on any atom is -0.357 e. The molecular formula is C26H29N7O. The van der Waals surface area contributed by atoms with Crippen LogP contribution in [0.5, 0.6) is 0 Å². The average molecular weight is 456 g/mol. The van der Waals surface area contributed by atoms with Gasteiger partial charge >= 0.3 is 0 Å². The number of amides is 1. The second-order valence-corrected chi connectivity index (χ2v) is 7.92. The number of carbonyl (C=O) groups is 1. The Morgan fingerprint density at radius 1 is 0.941 bits per heavy atom. The largest absolute Gasteiger partial charge is 0.357 e. The fraction of sp³-hybridized carbons (Fsp3) is 0.231. The fourth-order valence-corrected chi connectivity index (χ4v) is 3.71. The standard InChI is InChI=1S/C26H29N7O/c1-5-33(6-2)24-16-18(3)27-26(30-24)29-21-14-12-20(13-15-21)28-25(34)23-17-22(31-32(23)4)19-10-8-7-9-11-19/h7-17H,5-6H2,1-4H3,(H,28,34)(H,27,29,30). The summed E-state index contributed by atoms with van der Waals surface area (Å²) in [4.78, 5) is 24.2. The van der Waals surface area contributed by atoms with Gasteiger partial charge in [-0.15, -0.1) is 0 Å². The van der Waals surface area contributed by atoms with Gasteiger partial charge in [0.25, 0.3) is 5.91 Å². The van der Waals surface area contributed by atoms with Crippen LogP contribution < -0.4 is 15.5 Å². The van der Waals surface area contributed by atoms with E-state index in [1.54, 1.807) is 17.8 Å². The summed E-state index contributed by atoms with van der Waals surface area (Å²) in [6.45, 7) is 7.93. The molecule has 2 N–H and O–H groups in total. The van der Waals surface area contributed by atoms with Crippen molar-refractivity contribution in [2.45, 2.75) is 20.8 Å². The maximum Gasteiger partial charge on any atom is 0.273 e. The Morgan fingerprint density at radius 3 is 2.29 bits per heavy atom. The summed E-state index contributed by atoms with van der Waals surface area (Å²) in [5.74, 6) is 1.22. The molecule has 0 atom stereocenters. The molecule has 174 valence electrons. The Hall–Kier alpha value is -4.20. The van der Waals surface area contributed by atoms with Crippen molar-refractivity contribution in [3.63, 3.8) is 0 Å². The van der Waals surface area contributed by atoms with Crippen molar-refractivity contribution in [2.75, 3.05) is 28.6 Å². The number of carbonyl (C=O) groups excluding carboxylic acids is 1. The van der Waals surface area contributed by atoms with Crippen molar-refractivity contribution < 1.29 is 4.79 Å². The van der Waals surface area contributed by atoms with E-state index in [0.717, 1.165) is 41.5 Å². The summed E-state index contributed by atoms with van der Waals surface area (Å²) < 4.78 is 1.59. The van der Waals surface area contributed by atoms with E-state index in [9.17, 15) is 4.79 Å². The monoisotopic (exact) mass is 455 g/mol. The van der Waals surface area contributed by atoms with Crippen LogP contribution in [-0.4, -0.2) is 38.7 Å². The van der Waals surface area contributed by atoms with Crippen LogP contribution in [0.15, 0.2) is 66.7 Å². The molecule has 0 radical (unpaired) electrons. The van der Waals surface area contributed by atoms with Gasteiger partial charge in [-0.3, -0.25) is 9.48 Å². The number of nitrogens with one attached hydrogen (secondary N) is 2. The lowest BCUT2D eigenvalue weighted by molar-refractivity contribution is 0.101. The van der Waals surface area contributed by atoms with Crippen LogP contribution in [0.1, 0.15) is 30.0 Å². The molecule has 0 fully saturated rings. The van der Waals surface area contributed by atoms with Crippen molar-refractivity contribution in [1.82, 2.24) is 19.7 Å². The van der Waals surface area contributed by atoms with E-state index in [-0.39, 0.29) is 5.91 Å². The summed E-state index contributed by atoms with van der Waals surface area (Å²) in [5, 5.41) is 10.7. The minimum atomic E-state index is -0.219. The molecule has 0 saturated carbocycles. The second kappa shape index (κ2) is 10.2. The number of hydrogen-bond acceptors (Lipinski definition) is 6. The van der Waals surface area contributed by atoms with Crippen molar-refractivity contribution in [2.24, 2.45) is 7.05 Å². The lowest BCUT2D eigenvalue weighted by atomic mass is 10.1. The molecule has 0 spiro atoms. The number of benzene rings is 2. The molecule has 0 unspecified atom stereocenters. The Kier molecular flexibility index (Phi) is 6.87. The first-order chi connectivity index (χ1) is 16.5. The van der Waals surface area contributed by atoms with Gasteiger partial charge in [-0.05, 0) is 51.1 Å². The van der Waals surface area contributed by atoms with Gasteiger partial charge in [0.15, 0.2) is 0 Å². The van der Waals surface area contributed by atoms with E-state index in [2.05, 4.69) is 44.4 Å². The summed E-state index contributed by atoms with van der Waals surface area (Å²) in [7, 11) is 1.77. The predicted molar refractivity (Wildman–Crippen MR) is 137 cm³/mol. The molecule has 34 heavy (non-hydrogen) atoms. The van der Waals surface area contributed by atoms with Gasteiger partial charge in [0.05, 0.1) is 5.69 Å². The number of nitrogens with zero attached hydrogens (tertiary/aromatic N) is 5. The van der Waals surface area contributed by atoms with E-state index in [1.807, 2.05) is 67.6 Å². The number of aromatic nitrogens is 4. The summed E-state index contributed by atoms with van der Waals surface area (Å²) in [6.07, 6.45) is 0. The molecule has 0 saturated heterocycles. The lowest BCUT2D eigenvalue weighted by Crippen LogP contribution is -2.23. The van der Waals surface area contributed by atoms with Crippen LogP contribution in [0.25, 0.3) is 11.3 Å². The first-order valence-corrected chi connectivity index (χ1v) is 11.4. The van der Waals surface area contributed by atoms with Gasteiger partial charge in [0.1, 0.15) is 11.5 Å². The highest BCUT2D eigenvalue weighted by Crippen LogP contribution is 2.22. The molecule has 4 rings (SSSR count). The molecule has 0 bridgehead atoms. The Labute approximate surface area is 199 Å². The maximum atomic E-state index is 12.8. The zero-order chi connectivity index (χ0) is 24.1. The Bertz CT molecular complexity index is 1260. The second-order valence-electron chi connectivity index (χ2n) is 7.92. The van der Waals surface area contributed by atoms with E-state index in [0.29, 0.717) is 17.3 Å². The summed E-state index contributed by atoms with van der Waals surface area (Å²) in [5.41, 5.74) is 4.63.